The molecule has 0 saturated heterocycles. The van der Waals surface area contributed by atoms with E-state index in [1.54, 1.807) is 11.9 Å². The van der Waals surface area contributed by atoms with Crippen molar-refractivity contribution in [2.24, 2.45) is 11.8 Å². The number of nitrogens with one attached hydrogen (secondary N) is 1. The third-order valence-corrected chi connectivity index (χ3v) is 4.10. The van der Waals surface area contributed by atoms with E-state index >= 15 is 0 Å². The summed E-state index contributed by atoms with van der Waals surface area (Å²) >= 11 is 0. The number of amides is 2. The van der Waals surface area contributed by atoms with Crippen molar-refractivity contribution in [2.75, 3.05) is 20.1 Å². The van der Waals surface area contributed by atoms with Gasteiger partial charge in [0, 0.05) is 26.6 Å². The van der Waals surface area contributed by atoms with Gasteiger partial charge in [-0.3, -0.25) is 4.79 Å². The molecule has 5 nitrogen and oxygen atoms in total. The van der Waals surface area contributed by atoms with E-state index in [1.165, 1.54) is 25.7 Å². The van der Waals surface area contributed by atoms with Crippen molar-refractivity contribution in [3.05, 3.63) is 0 Å². The summed E-state index contributed by atoms with van der Waals surface area (Å²) in [4.78, 5) is 23.8. The van der Waals surface area contributed by atoms with Crippen LogP contribution in [0.15, 0.2) is 0 Å². The minimum atomic E-state index is -0.815. The number of carbonyl (C=O) groups excluding carboxylic acids is 1. The lowest BCUT2D eigenvalue weighted by molar-refractivity contribution is -0.137. The number of hydrogen-bond acceptors (Lipinski definition) is 2. The Bertz CT molecular complexity index is 320. The summed E-state index contributed by atoms with van der Waals surface area (Å²) in [5.74, 6) is 0.754. The Balaban J connectivity index is 2.10. The number of carboxylic acid groups (broad SMARTS) is 1. The molecule has 5 heteroatoms. The SMILES string of the molecule is CC1CCCC(CCNC(=O)N(C)CCCC(=O)O)C1. The molecule has 0 aromatic carbocycles. The van der Waals surface area contributed by atoms with Gasteiger partial charge in [0.1, 0.15) is 0 Å². The number of carboxylic acids is 1. The van der Waals surface area contributed by atoms with Gasteiger partial charge in [-0.05, 0) is 31.1 Å². The van der Waals surface area contributed by atoms with Crippen molar-refractivity contribution in [1.29, 1.82) is 0 Å². The molecule has 0 heterocycles. The summed E-state index contributed by atoms with van der Waals surface area (Å²) in [6, 6.07) is -0.0979. The minimum absolute atomic E-state index is 0.0979. The van der Waals surface area contributed by atoms with E-state index < -0.39 is 5.97 Å². The third kappa shape index (κ3) is 6.78. The van der Waals surface area contributed by atoms with E-state index in [-0.39, 0.29) is 12.5 Å². The van der Waals surface area contributed by atoms with E-state index in [1.807, 2.05) is 0 Å². The molecule has 2 N–H and O–H groups in total. The van der Waals surface area contributed by atoms with Crippen LogP contribution in [0.25, 0.3) is 0 Å². The first-order valence-corrected chi connectivity index (χ1v) is 7.69. The standard InChI is InChI=1S/C15H28N2O3/c1-12-5-3-6-13(11-12)8-9-16-15(20)17(2)10-4-7-14(18)19/h12-13H,3-11H2,1-2H3,(H,16,20)(H,18,19). The smallest absolute Gasteiger partial charge is 0.317 e. The zero-order valence-electron chi connectivity index (χ0n) is 12.7. The van der Waals surface area contributed by atoms with E-state index in [2.05, 4.69) is 12.2 Å². The normalized spacial score (nSPS) is 22.3. The molecule has 0 aromatic rings. The molecule has 2 atom stereocenters. The maximum absolute atomic E-state index is 11.8. The molecular weight excluding hydrogens is 256 g/mol. The van der Waals surface area contributed by atoms with Crippen LogP contribution in [0, 0.1) is 11.8 Å². The largest absolute Gasteiger partial charge is 0.481 e. The maximum Gasteiger partial charge on any atom is 0.317 e. The molecule has 0 aromatic heterocycles. The Morgan fingerprint density at radius 1 is 1.35 bits per heavy atom. The molecule has 0 bridgehead atoms. The van der Waals surface area contributed by atoms with E-state index in [9.17, 15) is 9.59 Å². The lowest BCUT2D eigenvalue weighted by Crippen LogP contribution is -2.38. The molecule has 20 heavy (non-hydrogen) atoms. The second-order valence-corrected chi connectivity index (χ2v) is 6.08. The molecule has 1 aliphatic carbocycles. The number of aliphatic carboxylic acids is 1. The molecule has 1 aliphatic rings. The molecule has 0 aliphatic heterocycles. The van der Waals surface area contributed by atoms with Gasteiger partial charge in [0.25, 0.3) is 0 Å². The van der Waals surface area contributed by atoms with Crippen LogP contribution in [0.5, 0.6) is 0 Å². The topological polar surface area (TPSA) is 69.6 Å². The van der Waals surface area contributed by atoms with Crippen molar-refractivity contribution < 1.29 is 14.7 Å². The average molecular weight is 284 g/mol. The van der Waals surface area contributed by atoms with E-state index in [4.69, 9.17) is 5.11 Å². The van der Waals surface area contributed by atoms with Gasteiger partial charge < -0.3 is 15.3 Å². The Labute approximate surface area is 121 Å². The minimum Gasteiger partial charge on any atom is -0.481 e. The molecule has 0 radical (unpaired) electrons. The van der Waals surface area contributed by atoms with E-state index in [0.29, 0.717) is 13.0 Å². The summed E-state index contributed by atoms with van der Waals surface area (Å²) < 4.78 is 0. The van der Waals surface area contributed by atoms with Crippen molar-refractivity contribution in [2.45, 2.75) is 51.9 Å². The summed E-state index contributed by atoms with van der Waals surface area (Å²) in [6.07, 6.45) is 6.89. The number of nitrogens with zero attached hydrogens (tertiary/aromatic N) is 1. The van der Waals surface area contributed by atoms with Gasteiger partial charge in [-0.1, -0.05) is 26.2 Å². The highest BCUT2D eigenvalue weighted by molar-refractivity contribution is 5.73. The van der Waals surface area contributed by atoms with Crippen LogP contribution in [-0.2, 0) is 4.79 Å². The van der Waals surface area contributed by atoms with E-state index in [0.717, 1.165) is 24.8 Å². The first kappa shape index (κ1) is 16.8. The molecule has 1 rings (SSSR count). The van der Waals surface area contributed by atoms with Crippen LogP contribution < -0.4 is 5.32 Å². The highest BCUT2D eigenvalue weighted by atomic mass is 16.4. The number of urea groups is 1. The van der Waals surface area contributed by atoms with Crippen LogP contribution in [0.2, 0.25) is 0 Å². The average Bonchev–Trinajstić information content (AvgIpc) is 2.38. The first-order chi connectivity index (χ1) is 9.49. The fraction of sp³-hybridized carbons (Fsp3) is 0.867. The lowest BCUT2D eigenvalue weighted by Gasteiger charge is -2.27. The van der Waals surface area contributed by atoms with Gasteiger partial charge in [0.15, 0.2) is 0 Å². The van der Waals surface area contributed by atoms with Crippen molar-refractivity contribution in [3.63, 3.8) is 0 Å². The Hall–Kier alpha value is -1.26. The van der Waals surface area contributed by atoms with Crippen molar-refractivity contribution in [1.82, 2.24) is 10.2 Å². The summed E-state index contributed by atoms with van der Waals surface area (Å²) in [5, 5.41) is 11.5. The second kappa shape index (κ2) is 8.82. The zero-order valence-corrected chi connectivity index (χ0v) is 12.7. The van der Waals surface area contributed by atoms with Gasteiger partial charge in [-0.25, -0.2) is 4.79 Å². The van der Waals surface area contributed by atoms with Crippen LogP contribution in [0.3, 0.4) is 0 Å². The molecular formula is C15H28N2O3. The first-order valence-electron chi connectivity index (χ1n) is 7.69. The number of rotatable bonds is 7. The zero-order chi connectivity index (χ0) is 15.0. The van der Waals surface area contributed by atoms with Crippen LogP contribution in [0.4, 0.5) is 4.79 Å². The molecule has 2 amide bonds. The van der Waals surface area contributed by atoms with Crippen LogP contribution in [0.1, 0.15) is 51.9 Å². The molecule has 2 unspecified atom stereocenters. The fourth-order valence-electron chi connectivity index (χ4n) is 2.91. The highest BCUT2D eigenvalue weighted by Crippen LogP contribution is 2.30. The molecule has 1 fully saturated rings. The van der Waals surface area contributed by atoms with Crippen molar-refractivity contribution in [3.8, 4) is 0 Å². The highest BCUT2D eigenvalue weighted by Gasteiger charge is 2.18. The monoisotopic (exact) mass is 284 g/mol. The molecule has 0 spiro atoms. The second-order valence-electron chi connectivity index (χ2n) is 6.08. The quantitative estimate of drug-likeness (QED) is 0.755. The van der Waals surface area contributed by atoms with Crippen LogP contribution in [-0.4, -0.2) is 42.1 Å². The van der Waals surface area contributed by atoms with Gasteiger partial charge >= 0.3 is 12.0 Å². The van der Waals surface area contributed by atoms with Crippen molar-refractivity contribution >= 4 is 12.0 Å². The van der Waals surface area contributed by atoms with Crippen LogP contribution >= 0.6 is 0 Å². The lowest BCUT2D eigenvalue weighted by atomic mass is 9.81. The third-order valence-electron chi connectivity index (χ3n) is 4.10. The van der Waals surface area contributed by atoms with Gasteiger partial charge in [0.2, 0.25) is 0 Å². The van der Waals surface area contributed by atoms with Gasteiger partial charge in [0.05, 0.1) is 0 Å². The van der Waals surface area contributed by atoms with Gasteiger partial charge in [-0.2, -0.15) is 0 Å². The predicted molar refractivity (Wildman–Crippen MR) is 78.6 cm³/mol. The number of carbonyl (C=O) groups is 2. The fourth-order valence-corrected chi connectivity index (χ4v) is 2.91. The number of hydrogen-bond donors (Lipinski definition) is 2. The summed E-state index contributed by atoms with van der Waals surface area (Å²) in [5.41, 5.74) is 0. The Morgan fingerprint density at radius 3 is 2.75 bits per heavy atom. The maximum atomic E-state index is 11.8. The molecule has 1 saturated carbocycles. The summed E-state index contributed by atoms with van der Waals surface area (Å²) in [6.45, 7) is 3.51. The predicted octanol–water partition coefficient (Wildman–Crippen LogP) is 2.71. The Morgan fingerprint density at radius 2 is 2.10 bits per heavy atom. The Kier molecular flexibility index (Phi) is 7.41. The summed E-state index contributed by atoms with van der Waals surface area (Å²) in [7, 11) is 1.71. The van der Waals surface area contributed by atoms with Gasteiger partial charge in [-0.15, -0.1) is 0 Å². The molecule has 116 valence electrons.